The van der Waals surface area contributed by atoms with Gasteiger partial charge in [-0.2, -0.15) is 0 Å². The lowest BCUT2D eigenvalue weighted by molar-refractivity contribution is -0.122. The highest BCUT2D eigenvalue weighted by molar-refractivity contribution is 5.76. The lowest BCUT2D eigenvalue weighted by Crippen LogP contribution is -2.49. The minimum Gasteiger partial charge on any atom is -0.352 e. The average Bonchev–Trinajstić information content (AvgIpc) is 2.93. The molecule has 2 aliphatic rings. The molecule has 1 amide bonds. The summed E-state index contributed by atoms with van der Waals surface area (Å²) in [6, 6.07) is 0.432. The number of hydrogen-bond acceptors (Lipinski definition) is 2. The molecule has 0 aromatic carbocycles. The van der Waals surface area contributed by atoms with E-state index in [0.29, 0.717) is 5.92 Å². The van der Waals surface area contributed by atoms with Gasteiger partial charge in [0.1, 0.15) is 0 Å². The summed E-state index contributed by atoms with van der Waals surface area (Å²) in [6.45, 7) is 0. The molecule has 2 rings (SSSR count). The van der Waals surface area contributed by atoms with Crippen LogP contribution in [0.4, 0.5) is 0 Å². The van der Waals surface area contributed by atoms with Crippen LogP contribution in [0.1, 0.15) is 44.9 Å². The maximum absolute atomic E-state index is 11.5. The number of hydrogen-bond donors (Lipinski definition) is 2. The van der Waals surface area contributed by atoms with Gasteiger partial charge in [-0.15, -0.1) is 0 Å². The molecule has 3 N–H and O–H groups in total. The quantitative estimate of drug-likeness (QED) is 0.712. The van der Waals surface area contributed by atoms with Crippen molar-refractivity contribution in [1.82, 2.24) is 5.32 Å². The van der Waals surface area contributed by atoms with E-state index in [4.69, 9.17) is 5.73 Å². The first-order valence-corrected chi connectivity index (χ1v) is 5.80. The minimum atomic E-state index is 0.187. The summed E-state index contributed by atoms with van der Waals surface area (Å²) in [5.74, 6) is 0.893. The summed E-state index contributed by atoms with van der Waals surface area (Å²) in [7, 11) is 0. The van der Waals surface area contributed by atoms with Crippen molar-refractivity contribution in [2.75, 3.05) is 0 Å². The molecule has 0 radical (unpaired) electrons. The second kappa shape index (κ2) is 4.30. The van der Waals surface area contributed by atoms with Crippen LogP contribution in [0, 0.1) is 5.92 Å². The predicted molar refractivity (Wildman–Crippen MR) is 55.7 cm³/mol. The monoisotopic (exact) mass is 196 g/mol. The van der Waals surface area contributed by atoms with Crippen molar-refractivity contribution in [1.29, 1.82) is 0 Å². The maximum Gasteiger partial charge on any atom is 0.220 e. The van der Waals surface area contributed by atoms with Crippen molar-refractivity contribution in [3.63, 3.8) is 0 Å². The van der Waals surface area contributed by atoms with Gasteiger partial charge in [0.2, 0.25) is 5.91 Å². The van der Waals surface area contributed by atoms with Gasteiger partial charge >= 0.3 is 0 Å². The van der Waals surface area contributed by atoms with Crippen LogP contribution >= 0.6 is 0 Å². The molecule has 2 unspecified atom stereocenters. The highest BCUT2D eigenvalue weighted by atomic mass is 16.1. The second-order valence-corrected chi connectivity index (χ2v) is 4.77. The number of carbonyl (C=O) groups excluding carboxylic acids is 1. The number of rotatable bonds is 3. The Bertz CT molecular complexity index is 213. The van der Waals surface area contributed by atoms with Crippen molar-refractivity contribution in [3.05, 3.63) is 0 Å². The summed E-state index contributed by atoms with van der Waals surface area (Å²) < 4.78 is 0. The van der Waals surface area contributed by atoms with E-state index in [1.54, 1.807) is 0 Å². The molecule has 0 aromatic rings. The van der Waals surface area contributed by atoms with E-state index in [2.05, 4.69) is 5.32 Å². The molecule has 14 heavy (non-hydrogen) atoms. The van der Waals surface area contributed by atoms with Crippen LogP contribution < -0.4 is 11.1 Å². The molecular formula is C11H20N2O. The Hall–Kier alpha value is -0.570. The van der Waals surface area contributed by atoms with Gasteiger partial charge in [0.05, 0.1) is 0 Å². The van der Waals surface area contributed by atoms with E-state index in [1.807, 2.05) is 0 Å². The van der Waals surface area contributed by atoms with Crippen LogP contribution in [0.25, 0.3) is 0 Å². The van der Waals surface area contributed by atoms with Crippen LogP contribution in [-0.2, 0) is 4.79 Å². The summed E-state index contributed by atoms with van der Waals surface area (Å²) in [6.07, 6.45) is 7.77. The zero-order chi connectivity index (χ0) is 9.97. The Kier molecular flexibility index (Phi) is 3.06. The molecule has 0 aromatic heterocycles. The molecule has 0 spiro atoms. The van der Waals surface area contributed by atoms with Crippen LogP contribution in [0.15, 0.2) is 0 Å². The van der Waals surface area contributed by atoms with Crippen LogP contribution in [0.5, 0.6) is 0 Å². The number of nitrogens with one attached hydrogen (secondary N) is 1. The maximum atomic E-state index is 11.5. The van der Waals surface area contributed by atoms with Gasteiger partial charge in [0, 0.05) is 18.5 Å². The Labute approximate surface area is 85.4 Å². The first-order valence-electron chi connectivity index (χ1n) is 5.80. The van der Waals surface area contributed by atoms with Gasteiger partial charge < -0.3 is 11.1 Å². The molecule has 2 fully saturated rings. The fourth-order valence-electron chi connectivity index (χ4n) is 2.19. The highest BCUT2D eigenvalue weighted by Gasteiger charge is 2.27. The molecule has 3 nitrogen and oxygen atoms in total. The van der Waals surface area contributed by atoms with Crippen LogP contribution in [0.2, 0.25) is 0 Å². The number of carbonyl (C=O) groups is 1. The molecular weight excluding hydrogens is 176 g/mol. The third kappa shape index (κ3) is 2.71. The standard InChI is InChI=1S/C11H20N2O/c12-9-3-1-2-4-10(9)13-11(14)7-8-5-6-8/h8-10H,1-7,12H2,(H,13,14). The summed E-state index contributed by atoms with van der Waals surface area (Å²) in [5.41, 5.74) is 5.96. The third-order valence-corrected chi connectivity index (χ3v) is 3.34. The fourth-order valence-corrected chi connectivity index (χ4v) is 2.19. The molecule has 2 atom stereocenters. The lowest BCUT2D eigenvalue weighted by atomic mass is 9.91. The average molecular weight is 196 g/mol. The molecule has 0 bridgehead atoms. The van der Waals surface area contributed by atoms with E-state index < -0.39 is 0 Å². The first kappa shape index (κ1) is 9.97. The number of nitrogens with two attached hydrogens (primary N) is 1. The fraction of sp³-hybridized carbons (Fsp3) is 0.909. The molecule has 0 heterocycles. The Balaban J connectivity index is 1.73. The van der Waals surface area contributed by atoms with Gasteiger partial charge in [-0.05, 0) is 31.6 Å². The van der Waals surface area contributed by atoms with Crippen LogP contribution in [-0.4, -0.2) is 18.0 Å². The first-order chi connectivity index (χ1) is 6.75. The molecule has 80 valence electrons. The lowest BCUT2D eigenvalue weighted by Gasteiger charge is -2.29. The van der Waals surface area contributed by atoms with Crippen molar-refractivity contribution < 1.29 is 4.79 Å². The smallest absolute Gasteiger partial charge is 0.220 e. The third-order valence-electron chi connectivity index (χ3n) is 3.34. The van der Waals surface area contributed by atoms with E-state index in [1.165, 1.54) is 25.7 Å². The van der Waals surface area contributed by atoms with Gasteiger partial charge in [0.25, 0.3) is 0 Å². The Morgan fingerprint density at radius 1 is 1.21 bits per heavy atom. The van der Waals surface area contributed by atoms with Crippen molar-refractivity contribution in [2.24, 2.45) is 11.7 Å². The van der Waals surface area contributed by atoms with E-state index in [9.17, 15) is 4.79 Å². The zero-order valence-corrected chi connectivity index (χ0v) is 8.67. The van der Waals surface area contributed by atoms with Crippen molar-refractivity contribution in [3.8, 4) is 0 Å². The van der Waals surface area contributed by atoms with E-state index in [0.717, 1.165) is 19.3 Å². The molecule has 0 aliphatic heterocycles. The van der Waals surface area contributed by atoms with Gasteiger partial charge in [-0.25, -0.2) is 0 Å². The summed E-state index contributed by atoms with van der Waals surface area (Å²) >= 11 is 0. The SMILES string of the molecule is NC1CCCCC1NC(=O)CC1CC1. The normalized spacial score (nSPS) is 32.6. The van der Waals surface area contributed by atoms with Gasteiger partial charge in [-0.1, -0.05) is 12.8 Å². The largest absolute Gasteiger partial charge is 0.352 e. The zero-order valence-electron chi connectivity index (χ0n) is 8.67. The summed E-state index contributed by atoms with van der Waals surface area (Å²) in [4.78, 5) is 11.5. The minimum absolute atomic E-state index is 0.187. The van der Waals surface area contributed by atoms with Gasteiger partial charge in [0.15, 0.2) is 0 Å². The van der Waals surface area contributed by atoms with E-state index in [-0.39, 0.29) is 18.0 Å². The molecule has 2 aliphatic carbocycles. The summed E-state index contributed by atoms with van der Waals surface area (Å²) in [5, 5.41) is 3.08. The van der Waals surface area contributed by atoms with Crippen molar-refractivity contribution in [2.45, 2.75) is 57.0 Å². The van der Waals surface area contributed by atoms with Gasteiger partial charge in [-0.3, -0.25) is 4.79 Å². The second-order valence-electron chi connectivity index (χ2n) is 4.77. The van der Waals surface area contributed by atoms with Crippen molar-refractivity contribution >= 4 is 5.91 Å². The predicted octanol–water partition coefficient (Wildman–Crippen LogP) is 1.17. The van der Waals surface area contributed by atoms with Crippen LogP contribution in [0.3, 0.4) is 0 Å². The number of amides is 1. The molecule has 3 heteroatoms. The molecule has 0 saturated heterocycles. The molecule has 2 saturated carbocycles. The highest BCUT2D eigenvalue weighted by Crippen LogP contribution is 2.32. The Morgan fingerprint density at radius 2 is 1.93 bits per heavy atom. The van der Waals surface area contributed by atoms with E-state index >= 15 is 0 Å². The topological polar surface area (TPSA) is 55.1 Å². The Morgan fingerprint density at radius 3 is 2.57 bits per heavy atom.